The molecular formula is C13H10F3N5OS. The van der Waals surface area contributed by atoms with Gasteiger partial charge in [-0.2, -0.15) is 22.8 Å². The third-order valence-corrected chi connectivity index (χ3v) is 3.94. The number of anilines is 1. The first kappa shape index (κ1) is 15.4. The van der Waals surface area contributed by atoms with Crippen LogP contribution in [0.3, 0.4) is 0 Å². The number of aryl methyl sites for hydroxylation is 1. The molecule has 1 N–H and O–H groups in total. The van der Waals surface area contributed by atoms with Gasteiger partial charge in [-0.15, -0.1) is 10.2 Å². The molecule has 1 amide bonds. The zero-order valence-electron chi connectivity index (χ0n) is 11.5. The largest absolute Gasteiger partial charge is 0.416 e. The maximum absolute atomic E-state index is 12.6. The van der Waals surface area contributed by atoms with Crippen LogP contribution in [-0.4, -0.2) is 25.7 Å². The average molecular weight is 341 g/mol. The summed E-state index contributed by atoms with van der Waals surface area (Å²) in [4.78, 5) is 12.5. The van der Waals surface area contributed by atoms with Crippen molar-refractivity contribution in [2.45, 2.75) is 19.0 Å². The average Bonchev–Trinajstić information content (AvgIpc) is 3.05. The van der Waals surface area contributed by atoms with E-state index >= 15 is 0 Å². The van der Waals surface area contributed by atoms with E-state index in [-0.39, 0.29) is 18.0 Å². The van der Waals surface area contributed by atoms with Crippen LogP contribution in [0.4, 0.5) is 18.9 Å². The van der Waals surface area contributed by atoms with Crippen LogP contribution >= 0.6 is 11.3 Å². The first-order chi connectivity index (χ1) is 10.9. The predicted octanol–water partition coefficient (Wildman–Crippen LogP) is 2.78. The summed E-state index contributed by atoms with van der Waals surface area (Å²) in [6.07, 6.45) is -2.50. The molecule has 0 aliphatic heterocycles. The second-order valence-electron chi connectivity index (χ2n) is 4.68. The van der Waals surface area contributed by atoms with Crippen molar-refractivity contribution in [2.75, 3.05) is 5.32 Å². The SMILES string of the molecule is O=C(CCc1nn2cnnc2s1)Nc1cccc(C(F)(F)F)c1. The zero-order chi connectivity index (χ0) is 16.4. The molecule has 3 rings (SSSR count). The Morgan fingerprint density at radius 2 is 2.17 bits per heavy atom. The van der Waals surface area contributed by atoms with Crippen molar-refractivity contribution >= 4 is 27.9 Å². The number of alkyl halides is 3. The summed E-state index contributed by atoms with van der Waals surface area (Å²) in [7, 11) is 0. The Morgan fingerprint density at radius 3 is 2.91 bits per heavy atom. The number of carbonyl (C=O) groups excluding carboxylic acids is 1. The number of amides is 1. The molecule has 120 valence electrons. The van der Waals surface area contributed by atoms with Gasteiger partial charge >= 0.3 is 6.18 Å². The molecule has 10 heteroatoms. The standard InChI is InChI=1S/C13H10F3N5OS/c14-13(15,16)8-2-1-3-9(6-8)18-10(22)4-5-11-20-21-7-17-19-12(21)23-11/h1-3,6-7H,4-5H2,(H,18,22). The van der Waals surface area contributed by atoms with E-state index in [0.717, 1.165) is 12.1 Å². The van der Waals surface area contributed by atoms with E-state index in [0.29, 0.717) is 16.4 Å². The summed E-state index contributed by atoms with van der Waals surface area (Å²) in [5.74, 6) is -0.379. The van der Waals surface area contributed by atoms with Gasteiger partial charge in [0.25, 0.3) is 0 Å². The molecule has 0 radical (unpaired) electrons. The number of benzene rings is 1. The van der Waals surface area contributed by atoms with Gasteiger partial charge in [-0.3, -0.25) is 4.79 Å². The minimum absolute atomic E-state index is 0.111. The van der Waals surface area contributed by atoms with Gasteiger partial charge in [-0.25, -0.2) is 0 Å². The summed E-state index contributed by atoms with van der Waals surface area (Å²) >= 11 is 1.31. The third kappa shape index (κ3) is 3.65. The lowest BCUT2D eigenvalue weighted by Gasteiger charge is -2.09. The van der Waals surface area contributed by atoms with Crippen molar-refractivity contribution in [1.82, 2.24) is 19.8 Å². The van der Waals surface area contributed by atoms with Gasteiger partial charge in [0.15, 0.2) is 0 Å². The van der Waals surface area contributed by atoms with E-state index in [1.165, 1.54) is 34.3 Å². The molecule has 3 aromatic rings. The van der Waals surface area contributed by atoms with Gasteiger partial charge in [0.1, 0.15) is 11.3 Å². The second-order valence-corrected chi connectivity index (χ2v) is 5.72. The normalized spacial score (nSPS) is 11.8. The van der Waals surface area contributed by atoms with Crippen LogP contribution in [0, 0.1) is 0 Å². The number of halogens is 3. The molecule has 0 unspecified atom stereocenters. The monoisotopic (exact) mass is 341 g/mol. The van der Waals surface area contributed by atoms with E-state index in [2.05, 4.69) is 20.6 Å². The van der Waals surface area contributed by atoms with Crippen LogP contribution in [0.25, 0.3) is 4.96 Å². The number of aromatic nitrogens is 4. The maximum Gasteiger partial charge on any atom is 0.416 e. The van der Waals surface area contributed by atoms with E-state index < -0.39 is 11.7 Å². The second kappa shape index (κ2) is 5.95. The molecule has 23 heavy (non-hydrogen) atoms. The highest BCUT2D eigenvalue weighted by atomic mass is 32.1. The first-order valence-corrected chi connectivity index (χ1v) is 7.36. The number of hydrogen-bond donors (Lipinski definition) is 1. The molecule has 0 fully saturated rings. The number of nitrogens with zero attached hydrogens (tertiary/aromatic N) is 4. The molecule has 2 aromatic heterocycles. The zero-order valence-corrected chi connectivity index (χ0v) is 12.4. The van der Waals surface area contributed by atoms with Crippen molar-refractivity contribution in [2.24, 2.45) is 0 Å². The fraction of sp³-hybridized carbons (Fsp3) is 0.231. The molecule has 0 atom stereocenters. The van der Waals surface area contributed by atoms with E-state index in [1.54, 1.807) is 0 Å². The Kier molecular flexibility index (Phi) is 3.99. The Morgan fingerprint density at radius 1 is 1.35 bits per heavy atom. The Labute approximate surface area is 132 Å². The summed E-state index contributed by atoms with van der Waals surface area (Å²) in [6, 6.07) is 4.52. The van der Waals surface area contributed by atoms with E-state index in [1.807, 2.05) is 0 Å². The topological polar surface area (TPSA) is 72.2 Å². The molecule has 1 aromatic carbocycles. The molecule has 2 heterocycles. The van der Waals surface area contributed by atoms with Gasteiger partial charge < -0.3 is 5.32 Å². The number of hydrogen-bond acceptors (Lipinski definition) is 5. The fourth-order valence-electron chi connectivity index (χ4n) is 1.92. The minimum atomic E-state index is -4.44. The van der Waals surface area contributed by atoms with Crippen LogP contribution in [0.5, 0.6) is 0 Å². The lowest BCUT2D eigenvalue weighted by molar-refractivity contribution is -0.137. The molecule has 0 aliphatic rings. The Hall–Kier alpha value is -2.49. The van der Waals surface area contributed by atoms with Crippen LogP contribution in [0.15, 0.2) is 30.6 Å². The highest BCUT2D eigenvalue weighted by Crippen LogP contribution is 2.30. The van der Waals surface area contributed by atoms with Crippen LogP contribution < -0.4 is 5.32 Å². The summed E-state index contributed by atoms with van der Waals surface area (Å²) in [5.41, 5.74) is -0.688. The van der Waals surface area contributed by atoms with Crippen LogP contribution in [0.2, 0.25) is 0 Å². The molecular weight excluding hydrogens is 331 g/mol. The molecule has 6 nitrogen and oxygen atoms in total. The molecule has 0 bridgehead atoms. The summed E-state index contributed by atoms with van der Waals surface area (Å²) in [5, 5.41) is 14.8. The van der Waals surface area contributed by atoms with Crippen molar-refractivity contribution in [1.29, 1.82) is 0 Å². The van der Waals surface area contributed by atoms with Crippen molar-refractivity contribution in [3.05, 3.63) is 41.2 Å². The van der Waals surface area contributed by atoms with Gasteiger partial charge in [0.05, 0.1) is 5.56 Å². The quantitative estimate of drug-likeness (QED) is 0.792. The number of carbonyl (C=O) groups is 1. The Balaban J connectivity index is 1.60. The van der Waals surface area contributed by atoms with E-state index in [9.17, 15) is 18.0 Å². The smallest absolute Gasteiger partial charge is 0.326 e. The van der Waals surface area contributed by atoms with Gasteiger partial charge in [-0.1, -0.05) is 17.4 Å². The van der Waals surface area contributed by atoms with Gasteiger partial charge in [0, 0.05) is 18.5 Å². The van der Waals surface area contributed by atoms with Crippen molar-refractivity contribution < 1.29 is 18.0 Å². The van der Waals surface area contributed by atoms with E-state index in [4.69, 9.17) is 0 Å². The highest BCUT2D eigenvalue weighted by molar-refractivity contribution is 7.16. The lowest BCUT2D eigenvalue weighted by atomic mass is 10.2. The predicted molar refractivity (Wildman–Crippen MR) is 77.1 cm³/mol. The van der Waals surface area contributed by atoms with Crippen LogP contribution in [0.1, 0.15) is 17.0 Å². The van der Waals surface area contributed by atoms with Crippen LogP contribution in [-0.2, 0) is 17.4 Å². The summed E-state index contributed by atoms with van der Waals surface area (Å²) in [6.45, 7) is 0. The first-order valence-electron chi connectivity index (χ1n) is 6.55. The number of fused-ring (bicyclic) bond motifs is 1. The molecule has 0 saturated carbocycles. The molecule has 0 aliphatic carbocycles. The molecule has 0 spiro atoms. The van der Waals surface area contributed by atoms with Gasteiger partial charge in [0.2, 0.25) is 10.9 Å². The maximum atomic E-state index is 12.6. The van der Waals surface area contributed by atoms with Crippen molar-refractivity contribution in [3.63, 3.8) is 0 Å². The Bertz CT molecular complexity index is 813. The minimum Gasteiger partial charge on any atom is -0.326 e. The fourth-order valence-corrected chi connectivity index (χ4v) is 2.73. The van der Waals surface area contributed by atoms with Crippen molar-refractivity contribution in [3.8, 4) is 0 Å². The highest BCUT2D eigenvalue weighted by Gasteiger charge is 2.30. The third-order valence-electron chi connectivity index (χ3n) is 2.97. The lowest BCUT2D eigenvalue weighted by Crippen LogP contribution is -2.13. The molecule has 0 saturated heterocycles. The van der Waals surface area contributed by atoms with Gasteiger partial charge in [-0.05, 0) is 18.2 Å². The summed E-state index contributed by atoms with van der Waals surface area (Å²) < 4.78 is 39.3. The number of nitrogens with one attached hydrogen (secondary N) is 1. The number of rotatable bonds is 4.